The average molecular weight is 615 g/mol. The molecule has 8 aromatic rings. The van der Waals surface area contributed by atoms with E-state index in [1.54, 1.807) is 0 Å². The fourth-order valence-corrected chi connectivity index (χ4v) is 9.73. The summed E-state index contributed by atoms with van der Waals surface area (Å²) in [6, 6.07) is 60.7. The van der Waals surface area contributed by atoms with Gasteiger partial charge in [0, 0.05) is 16.1 Å². The van der Waals surface area contributed by atoms with Crippen LogP contribution in [0.2, 0.25) is 0 Å². The number of rotatable bonds is 3. The molecule has 0 radical (unpaired) electrons. The molecule has 10 rings (SSSR count). The molecule has 0 bridgehead atoms. The van der Waals surface area contributed by atoms with Crippen LogP contribution in [-0.4, -0.2) is 5.25 Å². The van der Waals surface area contributed by atoms with Crippen molar-refractivity contribution in [2.75, 3.05) is 0 Å². The molecule has 2 aliphatic rings. The van der Waals surface area contributed by atoms with Gasteiger partial charge in [0.1, 0.15) is 0 Å². The topological polar surface area (TPSA) is 0 Å². The second-order valence-corrected chi connectivity index (χ2v) is 13.9. The highest BCUT2D eigenvalue weighted by atomic mass is 32.2. The fourth-order valence-electron chi connectivity index (χ4n) is 8.23. The lowest BCUT2D eigenvalue weighted by molar-refractivity contribution is 0.856. The molecule has 47 heavy (non-hydrogen) atoms. The van der Waals surface area contributed by atoms with Crippen molar-refractivity contribution >= 4 is 55.7 Å². The van der Waals surface area contributed by atoms with E-state index >= 15 is 0 Å². The third kappa shape index (κ3) is 4.10. The number of hydrogen-bond acceptors (Lipinski definition) is 1. The third-order valence-electron chi connectivity index (χ3n) is 10.2. The van der Waals surface area contributed by atoms with E-state index in [0.29, 0.717) is 5.25 Å². The molecule has 2 unspecified atom stereocenters. The molecule has 8 aromatic carbocycles. The number of fused-ring (bicyclic) bond motifs is 8. The van der Waals surface area contributed by atoms with Gasteiger partial charge in [-0.25, -0.2) is 0 Å². The second kappa shape index (κ2) is 10.6. The van der Waals surface area contributed by atoms with Crippen molar-refractivity contribution in [3.05, 3.63) is 186 Å². The van der Waals surface area contributed by atoms with Crippen molar-refractivity contribution in [3.63, 3.8) is 0 Å². The molecule has 0 aromatic heterocycles. The largest absolute Gasteiger partial charge is 0.117 e. The van der Waals surface area contributed by atoms with Crippen LogP contribution in [0.1, 0.15) is 28.2 Å². The fraction of sp³-hybridized carbons (Fsp3) is 0.0435. The van der Waals surface area contributed by atoms with Gasteiger partial charge < -0.3 is 0 Å². The molecule has 0 N–H and O–H groups in total. The maximum Gasteiger partial charge on any atom is 0.0460 e. The highest BCUT2D eigenvalue weighted by molar-refractivity contribution is 8.00. The molecular formula is C46H30S. The van der Waals surface area contributed by atoms with Crippen LogP contribution in [0.25, 0.3) is 66.2 Å². The number of hydrogen-bond donors (Lipinski definition) is 0. The first kappa shape index (κ1) is 26.8. The molecule has 0 spiro atoms. The van der Waals surface area contributed by atoms with Crippen molar-refractivity contribution in [1.82, 2.24) is 0 Å². The van der Waals surface area contributed by atoms with Gasteiger partial charge in [-0.1, -0.05) is 152 Å². The zero-order valence-electron chi connectivity index (χ0n) is 25.7. The van der Waals surface area contributed by atoms with Gasteiger partial charge in [-0.3, -0.25) is 0 Å². The highest BCUT2D eigenvalue weighted by Crippen LogP contribution is 2.58. The summed E-state index contributed by atoms with van der Waals surface area (Å²) >= 11 is 2.04. The van der Waals surface area contributed by atoms with Gasteiger partial charge in [0.15, 0.2) is 0 Å². The van der Waals surface area contributed by atoms with Gasteiger partial charge in [0.05, 0.1) is 0 Å². The van der Waals surface area contributed by atoms with E-state index in [-0.39, 0.29) is 5.92 Å². The zero-order chi connectivity index (χ0) is 30.9. The predicted octanol–water partition coefficient (Wildman–Crippen LogP) is 12.6. The van der Waals surface area contributed by atoms with E-state index in [1.807, 2.05) is 11.8 Å². The summed E-state index contributed by atoms with van der Waals surface area (Å²) in [5.41, 5.74) is 12.2. The lowest BCUT2D eigenvalue weighted by Gasteiger charge is -2.30. The van der Waals surface area contributed by atoms with Crippen LogP contribution in [0.4, 0.5) is 0 Å². The van der Waals surface area contributed by atoms with E-state index in [9.17, 15) is 0 Å². The minimum absolute atomic E-state index is 0.284. The SMILES string of the molecule is C1=C(c2cccc3ccccc23)C2Sc3ccc(-c4c5ccccc5c(-c5ccccc5)c5ccccc45)cc3C2c2ccccc21. The van der Waals surface area contributed by atoms with Crippen LogP contribution >= 0.6 is 11.8 Å². The third-order valence-corrected chi connectivity index (χ3v) is 11.6. The summed E-state index contributed by atoms with van der Waals surface area (Å²) < 4.78 is 0. The maximum absolute atomic E-state index is 2.52. The Balaban J connectivity index is 1.20. The van der Waals surface area contributed by atoms with E-state index in [2.05, 4.69) is 170 Å². The lowest BCUT2D eigenvalue weighted by atomic mass is 9.76. The lowest BCUT2D eigenvalue weighted by Crippen LogP contribution is -2.19. The monoisotopic (exact) mass is 614 g/mol. The maximum atomic E-state index is 2.52. The Bertz CT molecular complexity index is 2490. The van der Waals surface area contributed by atoms with Gasteiger partial charge in [-0.05, 0) is 101 Å². The van der Waals surface area contributed by atoms with E-state index in [1.165, 1.54) is 87.3 Å². The Morgan fingerprint density at radius 1 is 0.426 bits per heavy atom. The molecule has 0 amide bonds. The highest BCUT2D eigenvalue weighted by Gasteiger charge is 2.41. The van der Waals surface area contributed by atoms with Crippen LogP contribution in [0.3, 0.4) is 0 Å². The molecule has 0 nitrogen and oxygen atoms in total. The predicted molar refractivity (Wildman–Crippen MR) is 202 cm³/mol. The Hall–Kier alpha value is -5.37. The van der Waals surface area contributed by atoms with E-state index in [0.717, 1.165) is 0 Å². The van der Waals surface area contributed by atoms with Gasteiger partial charge >= 0.3 is 0 Å². The minimum atomic E-state index is 0.284. The summed E-state index contributed by atoms with van der Waals surface area (Å²) in [6.45, 7) is 0. The second-order valence-electron chi connectivity index (χ2n) is 12.7. The first-order valence-corrected chi connectivity index (χ1v) is 17.3. The smallest absolute Gasteiger partial charge is 0.0460 e. The van der Waals surface area contributed by atoms with Crippen LogP contribution < -0.4 is 0 Å². The molecule has 0 saturated carbocycles. The van der Waals surface area contributed by atoms with Crippen molar-refractivity contribution < 1.29 is 0 Å². The molecular weight excluding hydrogens is 585 g/mol. The molecule has 220 valence electrons. The average Bonchev–Trinajstić information content (AvgIpc) is 3.53. The van der Waals surface area contributed by atoms with Crippen LogP contribution in [0.15, 0.2) is 169 Å². The molecule has 0 saturated heterocycles. The van der Waals surface area contributed by atoms with Gasteiger partial charge in [-0.2, -0.15) is 0 Å². The van der Waals surface area contributed by atoms with Gasteiger partial charge in [-0.15, -0.1) is 11.8 Å². The van der Waals surface area contributed by atoms with Gasteiger partial charge in [0.25, 0.3) is 0 Å². The van der Waals surface area contributed by atoms with Crippen molar-refractivity contribution in [1.29, 1.82) is 0 Å². The van der Waals surface area contributed by atoms with Crippen molar-refractivity contribution in [2.24, 2.45) is 0 Å². The molecule has 1 heteroatoms. The number of thioether (sulfide) groups is 1. The van der Waals surface area contributed by atoms with E-state index in [4.69, 9.17) is 0 Å². The van der Waals surface area contributed by atoms with Crippen LogP contribution in [0.5, 0.6) is 0 Å². The van der Waals surface area contributed by atoms with E-state index < -0.39 is 0 Å². The summed E-state index contributed by atoms with van der Waals surface area (Å²) in [4.78, 5) is 1.39. The molecule has 1 aliphatic carbocycles. The summed E-state index contributed by atoms with van der Waals surface area (Å²) in [7, 11) is 0. The Morgan fingerprint density at radius 3 is 1.77 bits per heavy atom. The minimum Gasteiger partial charge on any atom is -0.117 e. The standard InChI is InChI=1S/C46H30S/c1-2-14-30(15-3-1)43-36-20-8-10-22-38(36)44(39-23-11-9-21-37(39)43)32-25-26-42-41(28-32)45-34-19-7-5-16-31(34)27-40(46(45)47-42)35-24-12-17-29-13-4-6-18-33(29)35/h1-28,45-46H. The molecule has 0 fully saturated rings. The molecule has 2 atom stereocenters. The Morgan fingerprint density at radius 2 is 1.02 bits per heavy atom. The van der Waals surface area contributed by atoms with Crippen LogP contribution in [0, 0.1) is 0 Å². The number of benzene rings is 8. The summed E-state index contributed by atoms with van der Waals surface area (Å²) in [6.07, 6.45) is 2.46. The summed E-state index contributed by atoms with van der Waals surface area (Å²) in [5.74, 6) is 0.284. The summed E-state index contributed by atoms with van der Waals surface area (Å²) in [5, 5.41) is 8.12. The molecule has 1 aliphatic heterocycles. The normalized spacial score (nSPS) is 16.6. The quantitative estimate of drug-likeness (QED) is 0.178. The Kier molecular flexibility index (Phi) is 6.04. The molecule has 1 heterocycles. The zero-order valence-corrected chi connectivity index (χ0v) is 26.5. The Labute approximate surface area is 279 Å². The van der Waals surface area contributed by atoms with Crippen molar-refractivity contribution in [2.45, 2.75) is 16.1 Å². The first-order valence-electron chi connectivity index (χ1n) is 16.4. The van der Waals surface area contributed by atoms with Gasteiger partial charge in [0.2, 0.25) is 0 Å². The van der Waals surface area contributed by atoms with Crippen LogP contribution in [-0.2, 0) is 0 Å². The first-order chi connectivity index (χ1) is 23.3. The van der Waals surface area contributed by atoms with Crippen molar-refractivity contribution in [3.8, 4) is 22.3 Å².